The van der Waals surface area contributed by atoms with Crippen molar-refractivity contribution < 1.29 is 14.6 Å². The average molecular weight is 176 g/mol. The fourth-order valence-corrected chi connectivity index (χ4v) is 0.975. The zero-order valence-electron chi connectivity index (χ0n) is 7.28. The molecule has 1 N–H and O–H groups in total. The minimum atomic E-state index is -0.402. The molecule has 2 radical (unpaired) electrons. The summed E-state index contributed by atoms with van der Waals surface area (Å²) < 4.78 is 4.46. The highest BCUT2D eigenvalue weighted by molar-refractivity contribution is 6.32. The first kappa shape index (κ1) is 9.64. The number of rotatable bonds is 2. The van der Waals surface area contributed by atoms with Crippen LogP contribution in [0.4, 0.5) is 0 Å². The number of esters is 1. The van der Waals surface area contributed by atoms with Crippen LogP contribution in [-0.4, -0.2) is 26.0 Å². The number of aromatic hydroxyl groups is 1. The monoisotopic (exact) mass is 176 g/mol. The standard InChI is InChI=1S/C9H9BO3/c1-13-9(12)5-6-4-7(10)2-3-8(6)11/h2-4,11H,5H2,1H3. The third-order valence-corrected chi connectivity index (χ3v) is 1.67. The number of phenols is 1. The number of methoxy groups -OCH3 is 1. The Morgan fingerprint density at radius 1 is 1.62 bits per heavy atom. The number of carbonyl (C=O) groups excluding carboxylic acids is 1. The predicted molar refractivity (Wildman–Crippen MR) is 49.2 cm³/mol. The second-order valence-corrected chi connectivity index (χ2v) is 2.64. The molecule has 0 aliphatic carbocycles. The van der Waals surface area contributed by atoms with E-state index in [4.69, 9.17) is 7.85 Å². The van der Waals surface area contributed by atoms with Crippen LogP contribution in [0.1, 0.15) is 5.56 Å². The summed E-state index contributed by atoms with van der Waals surface area (Å²) in [7, 11) is 6.78. The van der Waals surface area contributed by atoms with Crippen molar-refractivity contribution in [3.05, 3.63) is 23.8 Å². The molecule has 0 atom stereocenters. The van der Waals surface area contributed by atoms with Crippen molar-refractivity contribution in [3.63, 3.8) is 0 Å². The molecule has 0 saturated heterocycles. The van der Waals surface area contributed by atoms with Crippen LogP contribution >= 0.6 is 0 Å². The van der Waals surface area contributed by atoms with Gasteiger partial charge >= 0.3 is 5.97 Å². The van der Waals surface area contributed by atoms with Gasteiger partial charge in [-0.3, -0.25) is 4.79 Å². The van der Waals surface area contributed by atoms with Crippen LogP contribution in [0.2, 0.25) is 0 Å². The predicted octanol–water partition coefficient (Wildman–Crippen LogP) is -0.0985. The van der Waals surface area contributed by atoms with Gasteiger partial charge in [0.1, 0.15) is 13.6 Å². The lowest BCUT2D eigenvalue weighted by Gasteiger charge is -2.04. The van der Waals surface area contributed by atoms with Gasteiger partial charge in [0, 0.05) is 5.56 Å². The van der Waals surface area contributed by atoms with Crippen molar-refractivity contribution >= 4 is 19.3 Å². The Morgan fingerprint density at radius 3 is 2.92 bits per heavy atom. The zero-order chi connectivity index (χ0) is 9.84. The minimum absolute atomic E-state index is 0.0351. The van der Waals surface area contributed by atoms with Crippen LogP contribution in [0.25, 0.3) is 0 Å². The molecule has 13 heavy (non-hydrogen) atoms. The van der Waals surface area contributed by atoms with Crippen LogP contribution in [0.3, 0.4) is 0 Å². The molecule has 66 valence electrons. The highest BCUT2D eigenvalue weighted by atomic mass is 16.5. The first-order chi connectivity index (χ1) is 6.13. The number of carbonyl (C=O) groups is 1. The van der Waals surface area contributed by atoms with E-state index in [0.717, 1.165) is 0 Å². The summed E-state index contributed by atoms with van der Waals surface area (Å²) in [5, 5.41) is 9.32. The van der Waals surface area contributed by atoms with Gasteiger partial charge in [-0.25, -0.2) is 0 Å². The molecular formula is C9H9BO3. The fourth-order valence-electron chi connectivity index (χ4n) is 0.975. The maximum Gasteiger partial charge on any atom is 0.310 e. The first-order valence-electron chi connectivity index (χ1n) is 3.77. The van der Waals surface area contributed by atoms with Crippen LogP contribution in [0.5, 0.6) is 5.75 Å². The van der Waals surface area contributed by atoms with Crippen molar-refractivity contribution in [2.75, 3.05) is 7.11 Å². The van der Waals surface area contributed by atoms with Gasteiger partial charge in [0.15, 0.2) is 0 Å². The summed E-state index contributed by atoms with van der Waals surface area (Å²) in [6.07, 6.45) is 0.0351. The van der Waals surface area contributed by atoms with E-state index < -0.39 is 5.97 Å². The molecule has 0 fully saturated rings. The summed E-state index contributed by atoms with van der Waals surface area (Å²) in [6, 6.07) is 4.57. The second-order valence-electron chi connectivity index (χ2n) is 2.64. The summed E-state index contributed by atoms with van der Waals surface area (Å²) in [4.78, 5) is 10.9. The molecular weight excluding hydrogens is 167 g/mol. The molecule has 0 unspecified atom stereocenters. The molecule has 4 heteroatoms. The second kappa shape index (κ2) is 3.98. The Labute approximate surface area is 77.7 Å². The third kappa shape index (κ3) is 2.51. The van der Waals surface area contributed by atoms with Gasteiger partial charge < -0.3 is 9.84 Å². The number of ether oxygens (including phenoxy) is 1. The maximum atomic E-state index is 10.9. The Bertz CT molecular complexity index is 323. The van der Waals surface area contributed by atoms with Gasteiger partial charge in [0.25, 0.3) is 0 Å². The van der Waals surface area contributed by atoms with Gasteiger partial charge in [-0.15, -0.1) is 0 Å². The van der Waals surface area contributed by atoms with Gasteiger partial charge in [0.05, 0.1) is 13.5 Å². The number of hydrogen-bond donors (Lipinski definition) is 1. The Hall–Kier alpha value is -1.45. The molecule has 1 aromatic carbocycles. The largest absolute Gasteiger partial charge is 0.508 e. The highest BCUT2D eigenvalue weighted by Gasteiger charge is 2.06. The maximum absolute atomic E-state index is 10.9. The van der Waals surface area contributed by atoms with E-state index in [0.29, 0.717) is 11.0 Å². The SMILES string of the molecule is [B]c1ccc(O)c(CC(=O)OC)c1. The quantitative estimate of drug-likeness (QED) is 0.505. The fraction of sp³-hybridized carbons (Fsp3) is 0.222. The lowest BCUT2D eigenvalue weighted by molar-refractivity contribution is -0.139. The number of phenolic OH excluding ortho intramolecular Hbond substituents is 1. The molecule has 1 aromatic rings. The molecule has 0 amide bonds. The van der Waals surface area contributed by atoms with E-state index in [1.165, 1.54) is 13.2 Å². The number of benzene rings is 1. The lowest BCUT2D eigenvalue weighted by Crippen LogP contribution is -2.08. The van der Waals surface area contributed by atoms with Crippen LogP contribution < -0.4 is 5.46 Å². The smallest absolute Gasteiger partial charge is 0.310 e. The van der Waals surface area contributed by atoms with E-state index >= 15 is 0 Å². The number of hydrogen-bond acceptors (Lipinski definition) is 3. The molecule has 0 aromatic heterocycles. The van der Waals surface area contributed by atoms with Crippen molar-refractivity contribution in [1.82, 2.24) is 0 Å². The highest BCUT2D eigenvalue weighted by Crippen LogP contribution is 2.14. The van der Waals surface area contributed by atoms with Gasteiger partial charge in [-0.05, 0) is 6.07 Å². The normalized spacial score (nSPS) is 9.62. The molecule has 0 aliphatic rings. The summed E-state index contributed by atoms with van der Waals surface area (Å²) in [6.45, 7) is 0. The molecule has 0 aliphatic heterocycles. The summed E-state index contributed by atoms with van der Waals surface area (Å²) >= 11 is 0. The first-order valence-corrected chi connectivity index (χ1v) is 3.77. The Kier molecular flexibility index (Phi) is 2.95. The third-order valence-electron chi connectivity index (χ3n) is 1.67. The van der Waals surface area contributed by atoms with E-state index in [1.807, 2.05) is 0 Å². The Balaban J connectivity index is 2.87. The average Bonchev–Trinajstić information content (AvgIpc) is 2.11. The van der Waals surface area contributed by atoms with Crippen molar-refractivity contribution in [2.45, 2.75) is 6.42 Å². The summed E-state index contributed by atoms with van der Waals surface area (Å²) in [5.41, 5.74) is 0.989. The molecule has 1 rings (SSSR count). The minimum Gasteiger partial charge on any atom is -0.508 e. The molecule has 0 heterocycles. The van der Waals surface area contributed by atoms with E-state index in [2.05, 4.69) is 4.74 Å². The van der Waals surface area contributed by atoms with Gasteiger partial charge in [-0.1, -0.05) is 17.6 Å². The van der Waals surface area contributed by atoms with Crippen molar-refractivity contribution in [1.29, 1.82) is 0 Å². The lowest BCUT2D eigenvalue weighted by atomic mass is 9.93. The summed E-state index contributed by atoms with van der Waals surface area (Å²) in [5.74, 6) is -0.347. The molecule has 0 saturated carbocycles. The van der Waals surface area contributed by atoms with Gasteiger partial charge in [0.2, 0.25) is 0 Å². The zero-order valence-corrected chi connectivity index (χ0v) is 7.28. The van der Waals surface area contributed by atoms with E-state index in [-0.39, 0.29) is 12.2 Å². The van der Waals surface area contributed by atoms with E-state index in [9.17, 15) is 9.90 Å². The molecule has 0 bridgehead atoms. The van der Waals surface area contributed by atoms with Crippen LogP contribution in [0.15, 0.2) is 18.2 Å². The van der Waals surface area contributed by atoms with Crippen LogP contribution in [-0.2, 0) is 16.0 Å². The topological polar surface area (TPSA) is 46.5 Å². The molecule has 0 spiro atoms. The van der Waals surface area contributed by atoms with E-state index in [1.54, 1.807) is 12.1 Å². The van der Waals surface area contributed by atoms with Gasteiger partial charge in [-0.2, -0.15) is 0 Å². The van der Waals surface area contributed by atoms with Crippen molar-refractivity contribution in [3.8, 4) is 5.75 Å². The van der Waals surface area contributed by atoms with Crippen LogP contribution in [0, 0.1) is 0 Å². The molecule has 3 nitrogen and oxygen atoms in total. The Morgan fingerprint density at radius 2 is 2.31 bits per heavy atom. The van der Waals surface area contributed by atoms with Crippen molar-refractivity contribution in [2.24, 2.45) is 0 Å².